The van der Waals surface area contributed by atoms with Crippen LogP contribution < -0.4 is 0 Å². The lowest BCUT2D eigenvalue weighted by Gasteiger charge is -2.08. The van der Waals surface area contributed by atoms with Crippen molar-refractivity contribution in [3.63, 3.8) is 0 Å². The summed E-state index contributed by atoms with van der Waals surface area (Å²) in [6.07, 6.45) is -2.16. The van der Waals surface area contributed by atoms with Crippen molar-refractivity contribution in [1.82, 2.24) is 0 Å². The summed E-state index contributed by atoms with van der Waals surface area (Å²) >= 11 is 0. The summed E-state index contributed by atoms with van der Waals surface area (Å²) in [5.41, 5.74) is -1.48. The Bertz CT molecular complexity index is 432. The lowest BCUT2D eigenvalue weighted by molar-refractivity contribution is -0.140. The number of carbonyl (C=O) groups is 1. The lowest BCUT2D eigenvalue weighted by Crippen LogP contribution is -2.09. The molecule has 0 spiro atoms. The summed E-state index contributed by atoms with van der Waals surface area (Å²) in [6.45, 7) is 1.58. The van der Waals surface area contributed by atoms with Crippen LogP contribution in [0.1, 0.15) is 22.8 Å². The van der Waals surface area contributed by atoms with Gasteiger partial charge in [-0.2, -0.15) is 13.2 Å². The summed E-state index contributed by atoms with van der Waals surface area (Å²) in [7, 11) is 0. The molecule has 1 aromatic rings. The van der Waals surface area contributed by atoms with E-state index in [0.29, 0.717) is 12.1 Å². The van der Waals surface area contributed by atoms with Gasteiger partial charge in [0.1, 0.15) is 5.82 Å². The molecule has 86 valence electrons. The van der Waals surface area contributed by atoms with Gasteiger partial charge >= 0.3 is 6.18 Å². The van der Waals surface area contributed by atoms with E-state index in [0.717, 1.165) is 12.1 Å². The minimum Gasteiger partial charge on any atom is -0.289 e. The highest BCUT2D eigenvalue weighted by Crippen LogP contribution is 2.31. The first-order valence-electron chi connectivity index (χ1n) is 4.40. The number of halogens is 4. The van der Waals surface area contributed by atoms with Gasteiger partial charge in [-0.3, -0.25) is 4.79 Å². The van der Waals surface area contributed by atoms with Crippen molar-refractivity contribution >= 4 is 5.78 Å². The van der Waals surface area contributed by atoms with Crippen LogP contribution in [0.25, 0.3) is 0 Å². The molecular weight excluding hydrogens is 224 g/mol. The summed E-state index contributed by atoms with van der Waals surface area (Å²) in [5, 5.41) is 0. The molecule has 0 aromatic heterocycles. The van der Waals surface area contributed by atoms with Gasteiger partial charge in [-0.25, -0.2) is 4.39 Å². The van der Waals surface area contributed by atoms with Crippen molar-refractivity contribution in [2.45, 2.75) is 13.1 Å². The third kappa shape index (κ3) is 2.68. The zero-order valence-corrected chi connectivity index (χ0v) is 8.31. The molecule has 0 aliphatic carbocycles. The number of allylic oxidation sites excluding steroid dienone is 2. The van der Waals surface area contributed by atoms with Crippen molar-refractivity contribution < 1.29 is 22.4 Å². The van der Waals surface area contributed by atoms with Crippen LogP contribution in [0, 0.1) is 5.82 Å². The van der Waals surface area contributed by atoms with Gasteiger partial charge in [0.15, 0.2) is 5.78 Å². The minimum atomic E-state index is -4.74. The summed E-state index contributed by atoms with van der Waals surface area (Å²) in [4.78, 5) is 11.2. The van der Waals surface area contributed by atoms with E-state index in [1.807, 2.05) is 0 Å². The number of rotatable bonds is 2. The molecule has 1 rings (SSSR count). The Labute approximate surface area is 89.4 Å². The molecule has 0 atom stereocenters. The third-order valence-electron chi connectivity index (χ3n) is 1.88. The number of hydrogen-bond acceptors (Lipinski definition) is 1. The van der Waals surface area contributed by atoms with E-state index in [1.54, 1.807) is 6.92 Å². The molecule has 1 nitrogen and oxygen atoms in total. The number of carbonyl (C=O) groups excluding carboxylic acids is 1. The minimum absolute atomic E-state index is 0.108. The molecule has 0 heterocycles. The van der Waals surface area contributed by atoms with Crippen molar-refractivity contribution in [3.05, 3.63) is 47.3 Å². The fourth-order valence-corrected chi connectivity index (χ4v) is 1.15. The van der Waals surface area contributed by atoms with E-state index in [-0.39, 0.29) is 5.56 Å². The predicted octanol–water partition coefficient (Wildman–Crippen LogP) is 3.60. The molecule has 0 saturated heterocycles. The molecular formula is C11H8F4O. The fraction of sp³-hybridized carbons (Fsp3) is 0.182. The highest BCUT2D eigenvalue weighted by Gasteiger charge is 2.34. The van der Waals surface area contributed by atoms with Crippen molar-refractivity contribution in [1.29, 1.82) is 0 Å². The number of hydrogen-bond donors (Lipinski definition) is 0. The normalized spacial score (nSPS) is 12.1. The lowest BCUT2D eigenvalue weighted by atomic mass is 10.1. The van der Waals surface area contributed by atoms with E-state index in [1.165, 1.54) is 6.08 Å². The highest BCUT2D eigenvalue weighted by atomic mass is 19.4. The quantitative estimate of drug-likeness (QED) is 0.432. The van der Waals surface area contributed by atoms with E-state index in [4.69, 9.17) is 0 Å². The van der Waals surface area contributed by atoms with Gasteiger partial charge in [0.05, 0.1) is 5.56 Å². The number of alkyl halides is 3. The maximum Gasteiger partial charge on any atom is 0.419 e. The first kappa shape index (κ1) is 12.4. The van der Waals surface area contributed by atoms with E-state index in [9.17, 15) is 22.4 Å². The molecule has 0 bridgehead atoms. The summed E-state index contributed by atoms with van der Waals surface area (Å²) in [5.74, 6) is -1.97. The molecule has 0 aliphatic rings. The highest BCUT2D eigenvalue weighted by molar-refractivity contribution is 6.04. The van der Waals surface area contributed by atoms with Crippen LogP contribution >= 0.6 is 0 Å². The largest absolute Gasteiger partial charge is 0.419 e. The van der Waals surface area contributed by atoms with Crippen LogP contribution in [0.15, 0.2) is 30.4 Å². The SMILES string of the molecule is C/C=C/C(=O)c1ccc(C(F)(F)F)c(F)c1. The van der Waals surface area contributed by atoms with Crippen LogP contribution in [0.3, 0.4) is 0 Å². The van der Waals surface area contributed by atoms with E-state index < -0.39 is 23.3 Å². The van der Waals surface area contributed by atoms with Crippen LogP contribution in [-0.4, -0.2) is 5.78 Å². The summed E-state index contributed by atoms with van der Waals surface area (Å²) in [6, 6.07) is 2.10. The van der Waals surface area contributed by atoms with Gasteiger partial charge in [0, 0.05) is 5.56 Å². The molecule has 0 N–H and O–H groups in total. The topological polar surface area (TPSA) is 17.1 Å². The smallest absolute Gasteiger partial charge is 0.289 e. The first-order chi connectivity index (χ1) is 7.36. The zero-order valence-electron chi connectivity index (χ0n) is 8.31. The van der Waals surface area contributed by atoms with Crippen molar-refractivity contribution in [2.24, 2.45) is 0 Å². The Kier molecular flexibility index (Phi) is 3.47. The Morgan fingerprint density at radius 1 is 1.31 bits per heavy atom. The Hall–Kier alpha value is -1.65. The van der Waals surface area contributed by atoms with Crippen molar-refractivity contribution in [2.75, 3.05) is 0 Å². The maximum absolute atomic E-state index is 13.1. The average molecular weight is 232 g/mol. The zero-order chi connectivity index (χ0) is 12.3. The Morgan fingerprint density at radius 3 is 2.38 bits per heavy atom. The molecule has 0 amide bonds. The van der Waals surface area contributed by atoms with Crippen molar-refractivity contribution in [3.8, 4) is 0 Å². The second-order valence-electron chi connectivity index (χ2n) is 3.06. The second kappa shape index (κ2) is 4.47. The van der Waals surface area contributed by atoms with Crippen LogP contribution in [-0.2, 0) is 6.18 Å². The molecule has 0 aliphatic heterocycles. The molecule has 0 radical (unpaired) electrons. The molecule has 1 aromatic carbocycles. The van der Waals surface area contributed by atoms with Gasteiger partial charge in [0.2, 0.25) is 0 Å². The Balaban J connectivity index is 3.14. The first-order valence-corrected chi connectivity index (χ1v) is 4.40. The molecule has 16 heavy (non-hydrogen) atoms. The average Bonchev–Trinajstić information content (AvgIpc) is 2.16. The van der Waals surface area contributed by atoms with Crippen LogP contribution in [0.2, 0.25) is 0 Å². The van der Waals surface area contributed by atoms with Crippen LogP contribution in [0.4, 0.5) is 17.6 Å². The molecule has 5 heteroatoms. The predicted molar refractivity (Wildman–Crippen MR) is 50.5 cm³/mol. The summed E-state index contributed by atoms with van der Waals surface area (Å²) < 4.78 is 49.6. The van der Waals surface area contributed by atoms with Gasteiger partial charge in [-0.15, -0.1) is 0 Å². The Morgan fingerprint density at radius 2 is 1.94 bits per heavy atom. The van der Waals surface area contributed by atoms with E-state index in [2.05, 4.69) is 0 Å². The van der Waals surface area contributed by atoms with Gasteiger partial charge in [-0.05, 0) is 25.1 Å². The van der Waals surface area contributed by atoms with Gasteiger partial charge in [0.25, 0.3) is 0 Å². The van der Waals surface area contributed by atoms with E-state index >= 15 is 0 Å². The number of benzene rings is 1. The fourth-order valence-electron chi connectivity index (χ4n) is 1.15. The molecule has 0 unspecified atom stereocenters. The number of ketones is 1. The maximum atomic E-state index is 13.1. The monoisotopic (exact) mass is 232 g/mol. The molecule has 0 fully saturated rings. The third-order valence-corrected chi connectivity index (χ3v) is 1.88. The molecule has 0 saturated carbocycles. The van der Waals surface area contributed by atoms with Gasteiger partial charge in [-0.1, -0.05) is 12.1 Å². The van der Waals surface area contributed by atoms with Gasteiger partial charge < -0.3 is 0 Å². The second-order valence-corrected chi connectivity index (χ2v) is 3.06. The van der Waals surface area contributed by atoms with Crippen LogP contribution in [0.5, 0.6) is 0 Å². The standard InChI is InChI=1S/C11H8F4O/c1-2-3-10(16)7-4-5-8(9(12)6-7)11(13,14)15/h2-6H,1H3/b3-2+.